The Labute approximate surface area is 364 Å². The summed E-state index contributed by atoms with van der Waals surface area (Å²) < 4.78 is 2.39. The van der Waals surface area contributed by atoms with Crippen LogP contribution in [-0.4, -0.2) is 24.5 Å². The molecule has 0 fully saturated rings. The molecule has 0 N–H and O–H groups in total. The fourth-order valence-corrected chi connectivity index (χ4v) is 9.03. The van der Waals surface area contributed by atoms with Crippen LogP contribution in [0.2, 0.25) is 0 Å². The van der Waals surface area contributed by atoms with E-state index in [0.717, 1.165) is 77.7 Å². The van der Waals surface area contributed by atoms with E-state index < -0.39 is 0 Å². The summed E-state index contributed by atoms with van der Waals surface area (Å²) in [6.07, 6.45) is 0. The molecule has 12 rings (SSSR count). The number of fused-ring (bicyclic) bond motifs is 7. The number of pyridine rings is 1. The van der Waals surface area contributed by atoms with Crippen molar-refractivity contribution in [3.8, 4) is 73.4 Å². The molecule has 0 aliphatic carbocycles. The highest BCUT2D eigenvalue weighted by molar-refractivity contribution is 6.29. The van der Waals surface area contributed by atoms with Gasteiger partial charge in [0, 0.05) is 54.9 Å². The summed E-state index contributed by atoms with van der Waals surface area (Å²) in [4.78, 5) is 20.5. The topological polar surface area (TPSA) is 56.5 Å². The fraction of sp³-hybridized carbons (Fsp3) is 0. The lowest BCUT2D eigenvalue weighted by Crippen LogP contribution is -2.00. The Morgan fingerprint density at radius 3 is 1.49 bits per heavy atom. The van der Waals surface area contributed by atoms with Crippen molar-refractivity contribution in [3.63, 3.8) is 0 Å². The third-order valence-electron chi connectivity index (χ3n) is 12.0. The Bertz CT molecular complexity index is 3640. The summed E-state index contributed by atoms with van der Waals surface area (Å²) in [5.41, 5.74) is 13.7. The summed E-state index contributed by atoms with van der Waals surface area (Å²) in [5.74, 6) is 1.88. The van der Waals surface area contributed by atoms with E-state index in [1.54, 1.807) is 0 Å². The van der Waals surface area contributed by atoms with Crippen molar-refractivity contribution in [1.82, 2.24) is 24.5 Å². The Hall–Kier alpha value is -8.54. The van der Waals surface area contributed by atoms with Gasteiger partial charge in [0.05, 0.1) is 22.2 Å². The molecule has 0 spiro atoms. The van der Waals surface area contributed by atoms with Crippen LogP contribution in [0.25, 0.3) is 117 Å². The molecule has 0 amide bonds. The quantitative estimate of drug-likeness (QED) is 0.151. The van der Waals surface area contributed by atoms with Crippen LogP contribution >= 0.6 is 0 Å². The number of nitrogens with zero attached hydrogens (tertiary/aromatic N) is 5. The van der Waals surface area contributed by atoms with Crippen LogP contribution in [-0.2, 0) is 0 Å². The maximum absolute atomic E-state index is 5.37. The van der Waals surface area contributed by atoms with Crippen molar-refractivity contribution in [1.29, 1.82) is 0 Å². The van der Waals surface area contributed by atoms with Gasteiger partial charge in [0.2, 0.25) is 0 Å². The third-order valence-corrected chi connectivity index (χ3v) is 12.0. The highest BCUT2D eigenvalue weighted by Gasteiger charge is 2.20. The predicted molar refractivity (Wildman–Crippen MR) is 260 cm³/mol. The lowest BCUT2D eigenvalue weighted by molar-refractivity contribution is 1.07. The van der Waals surface area contributed by atoms with E-state index in [9.17, 15) is 0 Å². The van der Waals surface area contributed by atoms with Gasteiger partial charge in [-0.2, -0.15) is 0 Å². The Kier molecular flexibility index (Phi) is 8.75. The summed E-state index contributed by atoms with van der Waals surface area (Å²) in [5, 5.41) is 5.86. The third kappa shape index (κ3) is 6.42. The van der Waals surface area contributed by atoms with Crippen LogP contribution < -0.4 is 0 Å². The zero-order valence-electron chi connectivity index (χ0n) is 34.1. The molecule has 294 valence electrons. The number of aromatic nitrogens is 5. The molecule has 3 heterocycles. The van der Waals surface area contributed by atoms with Crippen molar-refractivity contribution in [3.05, 3.63) is 224 Å². The molecular formula is C58H37N5. The normalized spacial score (nSPS) is 11.5. The molecule has 0 bridgehead atoms. The monoisotopic (exact) mass is 803 g/mol. The molecule has 0 saturated carbocycles. The molecular weight excluding hydrogens is 767 g/mol. The van der Waals surface area contributed by atoms with Gasteiger partial charge in [0.1, 0.15) is 0 Å². The molecule has 5 nitrogen and oxygen atoms in total. The van der Waals surface area contributed by atoms with Gasteiger partial charge in [-0.05, 0) is 64.7 Å². The van der Waals surface area contributed by atoms with Crippen LogP contribution in [0.15, 0.2) is 224 Å². The SMILES string of the molecule is c1ccc(-c2cccc(-c3nc(-c4ccccc4)nc(-c4ccc(-c5ccc6nc(-c7ccccc7)c7ccc8c(c9ccccc9n8-c8ccccc8)c7c6c5)cc4)n3)c2)cc1. The van der Waals surface area contributed by atoms with Crippen LogP contribution in [0.4, 0.5) is 0 Å². The maximum Gasteiger partial charge on any atom is 0.164 e. The van der Waals surface area contributed by atoms with Gasteiger partial charge in [-0.15, -0.1) is 0 Å². The van der Waals surface area contributed by atoms with Crippen molar-refractivity contribution in [2.45, 2.75) is 0 Å². The average molecular weight is 804 g/mol. The predicted octanol–water partition coefficient (Wildman–Crippen LogP) is 14.7. The number of rotatable bonds is 7. The van der Waals surface area contributed by atoms with Crippen molar-refractivity contribution >= 4 is 43.5 Å². The summed E-state index contributed by atoms with van der Waals surface area (Å²) in [7, 11) is 0. The molecule has 5 heteroatoms. The lowest BCUT2D eigenvalue weighted by atomic mass is 9.94. The lowest BCUT2D eigenvalue weighted by Gasteiger charge is -2.14. The van der Waals surface area contributed by atoms with Gasteiger partial charge in [0.15, 0.2) is 17.5 Å². The van der Waals surface area contributed by atoms with Gasteiger partial charge in [0.25, 0.3) is 0 Å². The zero-order valence-corrected chi connectivity index (χ0v) is 34.1. The smallest absolute Gasteiger partial charge is 0.164 e. The van der Waals surface area contributed by atoms with Gasteiger partial charge in [-0.3, -0.25) is 0 Å². The first kappa shape index (κ1) is 36.3. The number of benzene rings is 9. The summed E-state index contributed by atoms with van der Waals surface area (Å²) in [6.45, 7) is 0. The first-order valence-electron chi connectivity index (χ1n) is 21.2. The molecule has 0 saturated heterocycles. The van der Waals surface area contributed by atoms with Crippen LogP contribution in [0.3, 0.4) is 0 Å². The number of hydrogen-bond donors (Lipinski definition) is 0. The fourth-order valence-electron chi connectivity index (χ4n) is 9.03. The molecule has 9 aromatic carbocycles. The molecule has 0 unspecified atom stereocenters. The molecule has 0 atom stereocenters. The summed E-state index contributed by atoms with van der Waals surface area (Å²) in [6, 6.07) is 78.6. The second-order valence-corrected chi connectivity index (χ2v) is 15.8. The highest BCUT2D eigenvalue weighted by Crippen LogP contribution is 2.43. The molecule has 12 aromatic rings. The Balaban J connectivity index is 1.01. The van der Waals surface area contributed by atoms with Gasteiger partial charge >= 0.3 is 0 Å². The molecule has 0 radical (unpaired) electrons. The van der Waals surface area contributed by atoms with E-state index in [1.807, 2.05) is 36.4 Å². The molecule has 0 aliphatic rings. The second-order valence-electron chi connectivity index (χ2n) is 15.8. The highest BCUT2D eigenvalue weighted by atomic mass is 15.0. The van der Waals surface area contributed by atoms with Crippen LogP contribution in [0.1, 0.15) is 0 Å². The summed E-state index contributed by atoms with van der Waals surface area (Å²) >= 11 is 0. The van der Waals surface area contributed by atoms with Crippen LogP contribution in [0.5, 0.6) is 0 Å². The van der Waals surface area contributed by atoms with E-state index in [-0.39, 0.29) is 0 Å². The van der Waals surface area contributed by atoms with Crippen molar-refractivity contribution in [2.75, 3.05) is 0 Å². The van der Waals surface area contributed by atoms with Gasteiger partial charge < -0.3 is 4.57 Å². The van der Waals surface area contributed by atoms with Gasteiger partial charge in [-0.25, -0.2) is 19.9 Å². The molecule has 63 heavy (non-hydrogen) atoms. The van der Waals surface area contributed by atoms with Crippen LogP contribution in [0, 0.1) is 0 Å². The van der Waals surface area contributed by atoms with Crippen molar-refractivity contribution < 1.29 is 0 Å². The maximum atomic E-state index is 5.37. The van der Waals surface area contributed by atoms with E-state index in [4.69, 9.17) is 19.9 Å². The zero-order chi connectivity index (χ0) is 41.7. The van der Waals surface area contributed by atoms with E-state index >= 15 is 0 Å². The van der Waals surface area contributed by atoms with E-state index in [1.165, 1.54) is 21.7 Å². The second kappa shape index (κ2) is 15.2. The average Bonchev–Trinajstić information content (AvgIpc) is 3.71. The first-order valence-corrected chi connectivity index (χ1v) is 21.2. The van der Waals surface area contributed by atoms with Crippen molar-refractivity contribution in [2.24, 2.45) is 0 Å². The standard InChI is InChI=1S/C58H37N5/c1-5-16-38(17-6-1)43-22-15-23-45(36-43)58-61-56(41-20-9-3-10-21-41)60-57(62-58)42-30-28-39(29-31-42)44-32-34-50-49(37-44)53-48(55(59-50)40-18-7-2-8-19-40)33-35-52-54(53)47-26-13-14-27-51(47)63(52)46-24-11-4-12-25-46/h1-37H. The minimum atomic E-state index is 0.620. The Morgan fingerprint density at radius 2 is 0.778 bits per heavy atom. The van der Waals surface area contributed by atoms with E-state index in [2.05, 4.69) is 193 Å². The van der Waals surface area contributed by atoms with E-state index in [0.29, 0.717) is 17.5 Å². The first-order chi connectivity index (χ1) is 31.2. The number of hydrogen-bond acceptors (Lipinski definition) is 4. The minimum absolute atomic E-state index is 0.620. The van der Waals surface area contributed by atoms with Gasteiger partial charge in [-0.1, -0.05) is 182 Å². The number of para-hydroxylation sites is 2. The minimum Gasteiger partial charge on any atom is -0.309 e. The Morgan fingerprint density at radius 1 is 0.270 bits per heavy atom. The largest absolute Gasteiger partial charge is 0.309 e. The molecule has 3 aromatic heterocycles. The molecule has 0 aliphatic heterocycles.